The van der Waals surface area contributed by atoms with Crippen LogP contribution in [0.15, 0.2) is 22.7 Å². The highest BCUT2D eigenvalue weighted by molar-refractivity contribution is 5.89. The number of aromatic nitrogens is 2. The molecule has 128 valence electrons. The van der Waals surface area contributed by atoms with E-state index < -0.39 is 5.91 Å². The predicted octanol–water partition coefficient (Wildman–Crippen LogP) is 0.669. The molecule has 0 atom stereocenters. The number of ether oxygens (including phenoxy) is 3. The standard InChI is InChI=1S/C15H18N4O5/c1-19(2)6-5-16-14(20)15-17-13(18-24-15)8-21-10-3-4-11-12(7-10)23-9-22-11/h3-4,7H,5-6,8-9H2,1-2H3,(H,16,20). The van der Waals surface area contributed by atoms with E-state index in [1.807, 2.05) is 19.0 Å². The van der Waals surface area contributed by atoms with Gasteiger partial charge in [0.25, 0.3) is 0 Å². The van der Waals surface area contributed by atoms with Gasteiger partial charge < -0.3 is 29.0 Å². The van der Waals surface area contributed by atoms with Crippen LogP contribution in [0.3, 0.4) is 0 Å². The number of hydrogen-bond acceptors (Lipinski definition) is 8. The SMILES string of the molecule is CN(C)CCNC(=O)c1nc(COc2ccc3c(c2)OCO3)no1. The first-order valence-corrected chi connectivity index (χ1v) is 7.40. The van der Waals surface area contributed by atoms with Crippen LogP contribution in [0.1, 0.15) is 16.5 Å². The van der Waals surface area contributed by atoms with Crippen molar-refractivity contribution in [2.24, 2.45) is 0 Å². The Morgan fingerprint density at radius 1 is 1.33 bits per heavy atom. The van der Waals surface area contributed by atoms with E-state index in [0.29, 0.717) is 23.8 Å². The van der Waals surface area contributed by atoms with E-state index in [9.17, 15) is 4.79 Å². The van der Waals surface area contributed by atoms with Gasteiger partial charge in [0.05, 0.1) is 0 Å². The smallest absolute Gasteiger partial charge is 0.316 e. The maximum Gasteiger partial charge on any atom is 0.316 e. The maximum atomic E-state index is 11.8. The number of carbonyl (C=O) groups is 1. The average molecular weight is 334 g/mol. The predicted molar refractivity (Wildman–Crippen MR) is 82.1 cm³/mol. The highest BCUT2D eigenvalue weighted by atomic mass is 16.7. The Kier molecular flexibility index (Phi) is 4.80. The minimum absolute atomic E-state index is 0.0775. The fraction of sp³-hybridized carbons (Fsp3) is 0.400. The summed E-state index contributed by atoms with van der Waals surface area (Å²) in [6, 6.07) is 5.23. The molecule has 0 unspecified atom stereocenters. The summed E-state index contributed by atoms with van der Waals surface area (Å²) in [5.41, 5.74) is 0. The summed E-state index contributed by atoms with van der Waals surface area (Å²) in [6.07, 6.45) is 0. The van der Waals surface area contributed by atoms with Gasteiger partial charge in [-0.1, -0.05) is 5.16 Å². The Morgan fingerprint density at radius 3 is 3.00 bits per heavy atom. The third kappa shape index (κ3) is 3.93. The lowest BCUT2D eigenvalue weighted by Crippen LogP contribution is -2.31. The van der Waals surface area contributed by atoms with Gasteiger partial charge in [-0.3, -0.25) is 4.79 Å². The third-order valence-electron chi connectivity index (χ3n) is 3.22. The third-order valence-corrected chi connectivity index (χ3v) is 3.22. The van der Waals surface area contributed by atoms with Gasteiger partial charge in [-0.2, -0.15) is 4.98 Å². The minimum Gasteiger partial charge on any atom is -0.485 e. The van der Waals surface area contributed by atoms with E-state index in [4.69, 9.17) is 18.7 Å². The second-order valence-electron chi connectivity index (χ2n) is 5.38. The lowest BCUT2D eigenvalue weighted by atomic mass is 10.3. The molecule has 1 aromatic carbocycles. The summed E-state index contributed by atoms with van der Waals surface area (Å²) >= 11 is 0. The van der Waals surface area contributed by atoms with Crippen LogP contribution in [0, 0.1) is 0 Å². The van der Waals surface area contributed by atoms with Gasteiger partial charge in [-0.15, -0.1) is 0 Å². The van der Waals surface area contributed by atoms with Crippen molar-refractivity contribution in [3.63, 3.8) is 0 Å². The van der Waals surface area contributed by atoms with Crippen molar-refractivity contribution in [2.45, 2.75) is 6.61 Å². The van der Waals surface area contributed by atoms with Crippen molar-refractivity contribution in [3.8, 4) is 17.2 Å². The zero-order valence-electron chi connectivity index (χ0n) is 13.4. The molecule has 2 aromatic rings. The monoisotopic (exact) mass is 334 g/mol. The van der Waals surface area contributed by atoms with Crippen LogP contribution in [0.2, 0.25) is 0 Å². The molecule has 0 bridgehead atoms. The second-order valence-corrected chi connectivity index (χ2v) is 5.38. The molecule has 24 heavy (non-hydrogen) atoms. The molecule has 9 heteroatoms. The second kappa shape index (κ2) is 7.18. The molecule has 0 spiro atoms. The molecule has 0 fully saturated rings. The van der Waals surface area contributed by atoms with Crippen molar-refractivity contribution in [1.29, 1.82) is 0 Å². The molecule has 1 aliphatic rings. The number of benzene rings is 1. The molecular formula is C15H18N4O5. The maximum absolute atomic E-state index is 11.8. The lowest BCUT2D eigenvalue weighted by Gasteiger charge is -2.08. The van der Waals surface area contributed by atoms with Crippen LogP contribution < -0.4 is 19.5 Å². The first kappa shape index (κ1) is 16.1. The average Bonchev–Trinajstić information content (AvgIpc) is 3.21. The van der Waals surface area contributed by atoms with Gasteiger partial charge in [-0.25, -0.2) is 0 Å². The summed E-state index contributed by atoms with van der Waals surface area (Å²) in [6.45, 7) is 1.50. The number of nitrogens with one attached hydrogen (secondary N) is 1. The van der Waals surface area contributed by atoms with Crippen molar-refractivity contribution >= 4 is 5.91 Å². The first-order chi connectivity index (χ1) is 11.6. The van der Waals surface area contributed by atoms with Gasteiger partial charge in [0.1, 0.15) is 5.75 Å². The van der Waals surface area contributed by atoms with Gasteiger partial charge in [0.15, 0.2) is 18.1 Å². The topological polar surface area (TPSA) is 99.0 Å². The summed E-state index contributed by atoms with van der Waals surface area (Å²) in [7, 11) is 3.84. The molecule has 1 aliphatic heterocycles. The number of carbonyl (C=O) groups excluding carboxylic acids is 1. The fourth-order valence-electron chi connectivity index (χ4n) is 1.99. The van der Waals surface area contributed by atoms with E-state index in [2.05, 4.69) is 15.5 Å². The fourth-order valence-corrected chi connectivity index (χ4v) is 1.99. The highest BCUT2D eigenvalue weighted by Gasteiger charge is 2.16. The quantitative estimate of drug-likeness (QED) is 0.789. The molecular weight excluding hydrogens is 316 g/mol. The van der Waals surface area contributed by atoms with E-state index in [-0.39, 0.29) is 25.1 Å². The zero-order chi connectivity index (χ0) is 16.9. The van der Waals surface area contributed by atoms with Crippen LogP contribution in [0.4, 0.5) is 0 Å². The van der Waals surface area contributed by atoms with Crippen LogP contribution >= 0.6 is 0 Å². The largest absolute Gasteiger partial charge is 0.485 e. The van der Waals surface area contributed by atoms with Crippen LogP contribution in [0.25, 0.3) is 0 Å². The van der Waals surface area contributed by atoms with Crippen molar-refractivity contribution < 1.29 is 23.5 Å². The number of hydrogen-bond donors (Lipinski definition) is 1. The normalized spacial score (nSPS) is 12.5. The van der Waals surface area contributed by atoms with Crippen LogP contribution in [0.5, 0.6) is 17.2 Å². The van der Waals surface area contributed by atoms with Gasteiger partial charge in [0, 0.05) is 19.2 Å². The van der Waals surface area contributed by atoms with Crippen molar-refractivity contribution in [3.05, 3.63) is 29.9 Å². The van der Waals surface area contributed by atoms with E-state index in [0.717, 1.165) is 6.54 Å². The van der Waals surface area contributed by atoms with Gasteiger partial charge in [-0.05, 0) is 26.2 Å². The summed E-state index contributed by atoms with van der Waals surface area (Å²) in [5.74, 6) is 1.68. The number of nitrogens with zero attached hydrogens (tertiary/aromatic N) is 3. The molecule has 2 heterocycles. The molecule has 1 aromatic heterocycles. The van der Waals surface area contributed by atoms with Crippen LogP contribution in [-0.2, 0) is 6.61 Å². The molecule has 0 aliphatic carbocycles. The summed E-state index contributed by atoms with van der Waals surface area (Å²) in [4.78, 5) is 17.8. The Balaban J connectivity index is 1.51. The summed E-state index contributed by atoms with van der Waals surface area (Å²) in [5, 5.41) is 6.43. The van der Waals surface area contributed by atoms with Crippen LogP contribution in [-0.4, -0.2) is 54.9 Å². The number of fused-ring (bicyclic) bond motifs is 1. The minimum atomic E-state index is -0.404. The highest BCUT2D eigenvalue weighted by Crippen LogP contribution is 2.35. The molecule has 9 nitrogen and oxygen atoms in total. The Hall–Kier alpha value is -2.81. The number of amides is 1. The Bertz CT molecular complexity index is 716. The molecule has 1 amide bonds. The first-order valence-electron chi connectivity index (χ1n) is 7.40. The molecule has 0 saturated carbocycles. The zero-order valence-corrected chi connectivity index (χ0v) is 13.4. The molecule has 0 saturated heterocycles. The van der Waals surface area contributed by atoms with Crippen molar-refractivity contribution in [2.75, 3.05) is 34.0 Å². The van der Waals surface area contributed by atoms with Gasteiger partial charge >= 0.3 is 11.8 Å². The Morgan fingerprint density at radius 2 is 2.17 bits per heavy atom. The summed E-state index contributed by atoms with van der Waals surface area (Å²) < 4.78 is 21.0. The van der Waals surface area contributed by atoms with Crippen molar-refractivity contribution in [1.82, 2.24) is 20.4 Å². The molecule has 3 rings (SSSR count). The number of likely N-dealkylation sites (N-methyl/N-ethyl adjacent to an activating group) is 1. The number of rotatable bonds is 7. The van der Waals surface area contributed by atoms with E-state index in [1.165, 1.54) is 0 Å². The molecule has 1 N–H and O–H groups in total. The van der Waals surface area contributed by atoms with E-state index >= 15 is 0 Å². The van der Waals surface area contributed by atoms with E-state index in [1.54, 1.807) is 18.2 Å². The van der Waals surface area contributed by atoms with Gasteiger partial charge in [0.2, 0.25) is 12.6 Å². The molecule has 0 radical (unpaired) electrons. The Labute approximate surface area is 138 Å². The lowest BCUT2D eigenvalue weighted by molar-refractivity contribution is 0.0907.